The molecule has 0 aliphatic heterocycles. The Morgan fingerprint density at radius 3 is 2.70 bits per heavy atom. The van der Waals surface area contributed by atoms with Gasteiger partial charge in [-0.25, -0.2) is 0 Å². The molecule has 0 bridgehead atoms. The first-order valence-electron chi connectivity index (χ1n) is 8.69. The maximum atomic E-state index is 12.7. The van der Waals surface area contributed by atoms with Gasteiger partial charge in [0.25, 0.3) is 5.91 Å². The van der Waals surface area contributed by atoms with Crippen LogP contribution in [0.5, 0.6) is 5.75 Å². The van der Waals surface area contributed by atoms with Crippen molar-refractivity contribution in [1.29, 1.82) is 0 Å². The summed E-state index contributed by atoms with van der Waals surface area (Å²) in [6.07, 6.45) is 5.94. The maximum absolute atomic E-state index is 12.7. The quantitative estimate of drug-likeness (QED) is 0.758. The predicted molar refractivity (Wildman–Crippen MR) is 92.8 cm³/mol. The average molecular weight is 319 g/mol. The monoisotopic (exact) mass is 319 g/mol. The van der Waals surface area contributed by atoms with Crippen LogP contribution in [-0.4, -0.2) is 25.2 Å². The molecule has 1 aromatic carbocycles. The van der Waals surface area contributed by atoms with E-state index in [1.54, 1.807) is 7.11 Å². The second-order valence-electron chi connectivity index (χ2n) is 6.58. The van der Waals surface area contributed by atoms with Gasteiger partial charge in [-0.2, -0.15) is 0 Å². The third-order valence-corrected chi connectivity index (χ3v) is 4.64. The smallest absolute Gasteiger partial charge is 0.256 e. The van der Waals surface area contributed by atoms with Gasteiger partial charge in [-0.1, -0.05) is 26.7 Å². The maximum Gasteiger partial charge on any atom is 0.256 e. The second kappa shape index (κ2) is 8.34. The largest absolute Gasteiger partial charge is 0.494 e. The number of hydrogen-bond acceptors (Lipinski definition) is 3. The van der Waals surface area contributed by atoms with Crippen molar-refractivity contribution in [3.8, 4) is 5.75 Å². The molecule has 4 nitrogen and oxygen atoms in total. The van der Waals surface area contributed by atoms with Crippen molar-refractivity contribution < 1.29 is 14.3 Å². The Balaban J connectivity index is 1.96. The first-order chi connectivity index (χ1) is 11.1. The lowest BCUT2D eigenvalue weighted by Gasteiger charge is -2.37. The molecule has 2 rings (SSSR count). The molecule has 0 unspecified atom stereocenters. The molecule has 4 heteroatoms. The summed E-state index contributed by atoms with van der Waals surface area (Å²) < 4.78 is 11.3. The topological polar surface area (TPSA) is 47.6 Å². The summed E-state index contributed by atoms with van der Waals surface area (Å²) in [5.74, 6) is 1.32. The van der Waals surface area contributed by atoms with Gasteiger partial charge in [-0.3, -0.25) is 4.79 Å². The first-order valence-corrected chi connectivity index (χ1v) is 8.69. The zero-order chi connectivity index (χ0) is 16.7. The molecule has 0 saturated heterocycles. The Kier molecular flexibility index (Phi) is 6.46. The van der Waals surface area contributed by atoms with Crippen LogP contribution in [0.15, 0.2) is 24.3 Å². The minimum atomic E-state index is -0.687. The van der Waals surface area contributed by atoms with E-state index in [4.69, 9.17) is 9.47 Å². The first kappa shape index (κ1) is 17.8. The van der Waals surface area contributed by atoms with Crippen molar-refractivity contribution in [1.82, 2.24) is 0 Å². The van der Waals surface area contributed by atoms with E-state index in [0.29, 0.717) is 5.92 Å². The number of unbranched alkanes of at least 4 members (excludes halogenated alkanes) is 1. The van der Waals surface area contributed by atoms with E-state index in [0.717, 1.165) is 50.1 Å². The van der Waals surface area contributed by atoms with Gasteiger partial charge in [0.2, 0.25) is 0 Å². The molecule has 1 aromatic rings. The lowest BCUT2D eigenvalue weighted by Crippen LogP contribution is -2.47. The number of benzene rings is 1. The predicted octanol–water partition coefficient (Wildman–Crippen LogP) is 4.40. The number of carbonyl (C=O) groups is 1. The van der Waals surface area contributed by atoms with Gasteiger partial charge in [0.1, 0.15) is 11.4 Å². The van der Waals surface area contributed by atoms with Crippen molar-refractivity contribution in [3.63, 3.8) is 0 Å². The fourth-order valence-corrected chi connectivity index (χ4v) is 3.20. The van der Waals surface area contributed by atoms with E-state index in [1.807, 2.05) is 24.3 Å². The average Bonchev–Trinajstić information content (AvgIpc) is 2.56. The van der Waals surface area contributed by atoms with Crippen LogP contribution in [0.3, 0.4) is 0 Å². The number of ether oxygens (including phenoxy) is 2. The number of methoxy groups -OCH3 is 1. The van der Waals surface area contributed by atoms with Crippen molar-refractivity contribution >= 4 is 11.6 Å². The van der Waals surface area contributed by atoms with Crippen LogP contribution in [0, 0.1) is 5.92 Å². The minimum absolute atomic E-state index is 0.0359. The van der Waals surface area contributed by atoms with Crippen LogP contribution in [0.4, 0.5) is 5.69 Å². The summed E-state index contributed by atoms with van der Waals surface area (Å²) >= 11 is 0. The third kappa shape index (κ3) is 4.71. The van der Waals surface area contributed by atoms with Gasteiger partial charge < -0.3 is 14.8 Å². The van der Waals surface area contributed by atoms with Crippen LogP contribution >= 0.6 is 0 Å². The number of amides is 1. The third-order valence-electron chi connectivity index (χ3n) is 4.64. The molecule has 0 spiro atoms. The molecule has 1 saturated carbocycles. The zero-order valence-electron chi connectivity index (χ0n) is 14.6. The van der Waals surface area contributed by atoms with Gasteiger partial charge in [0.15, 0.2) is 0 Å². The number of carbonyl (C=O) groups excluding carboxylic acids is 1. The summed E-state index contributed by atoms with van der Waals surface area (Å²) in [6.45, 7) is 5.05. The van der Waals surface area contributed by atoms with Gasteiger partial charge in [-0.05, 0) is 55.9 Å². The Bertz CT molecular complexity index is 500. The van der Waals surface area contributed by atoms with Gasteiger partial charge in [0.05, 0.1) is 6.61 Å². The van der Waals surface area contributed by atoms with Gasteiger partial charge in [0, 0.05) is 12.8 Å². The van der Waals surface area contributed by atoms with Crippen LogP contribution in [0.1, 0.15) is 52.4 Å². The van der Waals surface area contributed by atoms with E-state index in [2.05, 4.69) is 19.2 Å². The molecule has 1 amide bonds. The number of hydrogen-bond donors (Lipinski definition) is 1. The lowest BCUT2D eigenvalue weighted by molar-refractivity contribution is -0.143. The molecule has 1 aliphatic rings. The highest BCUT2D eigenvalue weighted by molar-refractivity contribution is 5.97. The molecule has 0 heterocycles. The highest BCUT2D eigenvalue weighted by atomic mass is 16.5. The summed E-state index contributed by atoms with van der Waals surface area (Å²) in [6, 6.07) is 7.56. The van der Waals surface area contributed by atoms with Crippen molar-refractivity contribution in [2.45, 2.75) is 58.0 Å². The molecule has 128 valence electrons. The molecule has 23 heavy (non-hydrogen) atoms. The molecular formula is C19H29NO3. The van der Waals surface area contributed by atoms with Gasteiger partial charge in [-0.15, -0.1) is 0 Å². The molecule has 2 atom stereocenters. The molecular weight excluding hydrogens is 290 g/mol. The second-order valence-corrected chi connectivity index (χ2v) is 6.58. The summed E-state index contributed by atoms with van der Waals surface area (Å²) in [5, 5.41) is 3.00. The van der Waals surface area contributed by atoms with E-state index in [-0.39, 0.29) is 5.91 Å². The Morgan fingerprint density at radius 1 is 1.35 bits per heavy atom. The Labute approximate surface area is 139 Å². The molecule has 0 aromatic heterocycles. The van der Waals surface area contributed by atoms with Crippen molar-refractivity contribution in [2.24, 2.45) is 5.92 Å². The van der Waals surface area contributed by atoms with Crippen LogP contribution in [-0.2, 0) is 9.53 Å². The normalized spacial score (nSPS) is 24.2. The summed E-state index contributed by atoms with van der Waals surface area (Å²) in [7, 11) is 1.64. The molecule has 1 aliphatic carbocycles. The number of anilines is 1. The van der Waals surface area contributed by atoms with E-state index in [1.165, 1.54) is 6.42 Å². The summed E-state index contributed by atoms with van der Waals surface area (Å²) in [5.41, 5.74) is 0.0982. The lowest BCUT2D eigenvalue weighted by atomic mass is 9.78. The summed E-state index contributed by atoms with van der Waals surface area (Å²) in [4.78, 5) is 12.7. The number of rotatable bonds is 7. The van der Waals surface area contributed by atoms with Gasteiger partial charge >= 0.3 is 0 Å². The standard InChI is InChI=1S/C19H29NO3/c1-4-5-13-23-17-10-8-16(9-11-17)20-18(21)19(22-3)12-6-7-15(2)14-19/h8-11,15H,4-7,12-14H2,1-3H3,(H,20,21)/t15-,19-/m0/s1. The number of nitrogens with one attached hydrogen (secondary N) is 1. The fraction of sp³-hybridized carbons (Fsp3) is 0.632. The zero-order valence-corrected chi connectivity index (χ0v) is 14.6. The van der Waals surface area contributed by atoms with Crippen molar-refractivity contribution in [2.75, 3.05) is 19.0 Å². The highest BCUT2D eigenvalue weighted by Gasteiger charge is 2.41. The molecule has 1 N–H and O–H groups in total. The fourth-order valence-electron chi connectivity index (χ4n) is 3.20. The molecule has 1 fully saturated rings. The van der Waals surface area contributed by atoms with E-state index in [9.17, 15) is 4.79 Å². The highest BCUT2D eigenvalue weighted by Crippen LogP contribution is 2.35. The van der Waals surface area contributed by atoms with E-state index >= 15 is 0 Å². The van der Waals surface area contributed by atoms with Crippen LogP contribution < -0.4 is 10.1 Å². The SMILES string of the molecule is CCCCOc1ccc(NC(=O)[C@]2(OC)CCC[C@H](C)C2)cc1. The Morgan fingerprint density at radius 2 is 2.09 bits per heavy atom. The van der Waals surface area contributed by atoms with Crippen LogP contribution in [0.25, 0.3) is 0 Å². The minimum Gasteiger partial charge on any atom is -0.494 e. The van der Waals surface area contributed by atoms with Crippen molar-refractivity contribution in [3.05, 3.63) is 24.3 Å². The Hall–Kier alpha value is -1.55. The van der Waals surface area contributed by atoms with E-state index < -0.39 is 5.60 Å². The van der Waals surface area contributed by atoms with Crippen LogP contribution in [0.2, 0.25) is 0 Å². The molecule has 0 radical (unpaired) electrons.